The van der Waals surface area contributed by atoms with Gasteiger partial charge < -0.3 is 4.90 Å². The summed E-state index contributed by atoms with van der Waals surface area (Å²) in [6.07, 6.45) is 0.222. The van der Waals surface area contributed by atoms with Gasteiger partial charge >= 0.3 is 0 Å². The van der Waals surface area contributed by atoms with Gasteiger partial charge in [0.25, 0.3) is 12.2 Å². The van der Waals surface area contributed by atoms with E-state index in [4.69, 9.17) is 0 Å². The Hall–Kier alpha value is -1.83. The smallest absolute Gasteiger partial charge is 0.280 e. The first-order valence-corrected chi connectivity index (χ1v) is 7.75. The Kier molecular flexibility index (Phi) is 5.69. The van der Waals surface area contributed by atoms with Crippen LogP contribution in [0, 0.1) is 5.92 Å². The number of halogens is 3. The number of hydrogen-bond acceptors (Lipinski definition) is 4. The Labute approximate surface area is 144 Å². The van der Waals surface area contributed by atoms with E-state index >= 15 is 0 Å². The predicted octanol–water partition coefficient (Wildman–Crippen LogP) is 2.85. The van der Waals surface area contributed by atoms with E-state index in [1.54, 1.807) is 4.90 Å². The summed E-state index contributed by atoms with van der Waals surface area (Å²) in [5.74, 6) is 0.139. The summed E-state index contributed by atoms with van der Waals surface area (Å²) in [5, 5.41) is 3.79. The molecule has 2 aromatic rings. The van der Waals surface area contributed by atoms with Crippen LogP contribution < -0.4 is 0 Å². The molecule has 1 fully saturated rings. The molecular weight excluding hydrogens is 340 g/mol. The molecule has 0 N–H and O–H groups in total. The molecule has 0 aliphatic carbocycles. The third-order valence-electron chi connectivity index (χ3n) is 4.17. The van der Waals surface area contributed by atoms with Gasteiger partial charge in [0.15, 0.2) is 0 Å². The minimum Gasteiger partial charge on any atom is -0.342 e. The Bertz CT molecular complexity index is 721. The summed E-state index contributed by atoms with van der Waals surface area (Å²) in [7, 11) is 0. The van der Waals surface area contributed by atoms with E-state index in [0.717, 1.165) is 17.4 Å². The van der Waals surface area contributed by atoms with Crippen LogP contribution in [0.3, 0.4) is 0 Å². The van der Waals surface area contributed by atoms with E-state index in [1.807, 2.05) is 13.8 Å². The van der Waals surface area contributed by atoms with Crippen LogP contribution in [-0.2, 0) is 4.79 Å². The van der Waals surface area contributed by atoms with Crippen LogP contribution in [0.1, 0.15) is 50.4 Å². The number of rotatable bonds is 3. The molecule has 0 spiro atoms. The molecule has 1 amide bonds. The minimum absolute atomic E-state index is 0. The van der Waals surface area contributed by atoms with Crippen molar-refractivity contribution < 1.29 is 13.6 Å². The van der Waals surface area contributed by atoms with Crippen molar-refractivity contribution in [2.75, 3.05) is 13.1 Å². The largest absolute Gasteiger partial charge is 0.342 e. The highest BCUT2D eigenvalue weighted by Gasteiger charge is 2.28. The summed E-state index contributed by atoms with van der Waals surface area (Å²) in [6.45, 7) is 4.95. The second kappa shape index (κ2) is 7.38. The first-order chi connectivity index (χ1) is 11.0. The topological polar surface area (TPSA) is 63.4 Å². The van der Waals surface area contributed by atoms with E-state index in [9.17, 15) is 13.6 Å². The van der Waals surface area contributed by atoms with E-state index in [1.165, 1.54) is 12.4 Å². The number of hydrogen-bond donors (Lipinski definition) is 0. The van der Waals surface area contributed by atoms with Crippen LogP contribution in [-0.4, -0.2) is 43.5 Å². The van der Waals surface area contributed by atoms with Gasteiger partial charge in [-0.25, -0.2) is 13.8 Å². The lowest BCUT2D eigenvalue weighted by Gasteiger charge is -2.33. The van der Waals surface area contributed by atoms with Crippen molar-refractivity contribution in [1.29, 1.82) is 0 Å². The fourth-order valence-corrected chi connectivity index (χ4v) is 3.00. The van der Waals surface area contributed by atoms with Gasteiger partial charge in [-0.1, -0.05) is 13.8 Å². The maximum Gasteiger partial charge on any atom is 0.280 e. The molecule has 3 heterocycles. The highest BCUT2D eigenvalue weighted by atomic mass is 35.5. The first-order valence-electron chi connectivity index (χ1n) is 7.75. The monoisotopic (exact) mass is 359 g/mol. The number of carbonyl (C=O) groups is 1. The Morgan fingerprint density at radius 1 is 1.38 bits per heavy atom. The van der Waals surface area contributed by atoms with Crippen LogP contribution in [0.15, 0.2) is 12.4 Å². The van der Waals surface area contributed by atoms with Crippen molar-refractivity contribution in [3.8, 4) is 0 Å². The predicted molar refractivity (Wildman–Crippen MR) is 86.4 cm³/mol. The van der Waals surface area contributed by atoms with Gasteiger partial charge in [-0.3, -0.25) is 4.79 Å². The molecule has 1 saturated heterocycles. The molecule has 132 valence electrons. The van der Waals surface area contributed by atoms with Gasteiger partial charge in [0.1, 0.15) is 12.0 Å². The fraction of sp³-hybridized carbons (Fsp3) is 0.600. The zero-order valence-corrected chi connectivity index (χ0v) is 14.3. The van der Waals surface area contributed by atoms with Crippen LogP contribution in [0.4, 0.5) is 8.78 Å². The van der Waals surface area contributed by atoms with Gasteiger partial charge in [-0.2, -0.15) is 14.6 Å². The molecule has 1 atom stereocenters. The highest BCUT2D eigenvalue weighted by Crippen LogP contribution is 2.29. The summed E-state index contributed by atoms with van der Waals surface area (Å²) in [6, 6.07) is 1.39. The number of nitrogens with zero attached hydrogens (tertiary/aromatic N) is 5. The average molecular weight is 360 g/mol. The third-order valence-corrected chi connectivity index (χ3v) is 4.17. The second-order valence-electron chi connectivity index (χ2n) is 6.16. The van der Waals surface area contributed by atoms with Gasteiger partial charge in [0.2, 0.25) is 5.91 Å². The molecule has 1 unspecified atom stereocenters. The number of carbonyl (C=O) groups excluding carboxylic acids is 1. The molecule has 1 aliphatic heterocycles. The number of amides is 1. The Morgan fingerprint density at radius 2 is 2.12 bits per heavy atom. The van der Waals surface area contributed by atoms with E-state index in [0.29, 0.717) is 18.8 Å². The van der Waals surface area contributed by atoms with Gasteiger partial charge in [0, 0.05) is 24.9 Å². The average Bonchev–Trinajstić information content (AvgIpc) is 3.01. The highest BCUT2D eigenvalue weighted by molar-refractivity contribution is 5.85. The van der Waals surface area contributed by atoms with Crippen molar-refractivity contribution in [2.45, 2.75) is 39.0 Å². The molecule has 0 bridgehead atoms. The lowest BCUT2D eigenvalue weighted by molar-refractivity contribution is -0.135. The summed E-state index contributed by atoms with van der Waals surface area (Å²) >= 11 is 0. The van der Waals surface area contributed by atoms with Crippen LogP contribution in [0.5, 0.6) is 0 Å². The lowest BCUT2D eigenvalue weighted by Crippen LogP contribution is -2.41. The third kappa shape index (κ3) is 3.48. The van der Waals surface area contributed by atoms with Crippen molar-refractivity contribution >= 4 is 24.1 Å². The van der Waals surface area contributed by atoms with Gasteiger partial charge in [0.05, 0.1) is 5.69 Å². The summed E-state index contributed by atoms with van der Waals surface area (Å²) in [5.41, 5.74) is 0.344. The number of fused-ring (bicyclic) bond motifs is 1. The van der Waals surface area contributed by atoms with E-state index in [-0.39, 0.29) is 41.6 Å². The molecule has 0 radical (unpaired) electrons. The molecule has 3 rings (SSSR count). The molecule has 0 aromatic carbocycles. The maximum atomic E-state index is 13.3. The zero-order chi connectivity index (χ0) is 16.6. The van der Waals surface area contributed by atoms with Crippen molar-refractivity contribution in [2.24, 2.45) is 5.92 Å². The Morgan fingerprint density at radius 3 is 2.79 bits per heavy atom. The zero-order valence-electron chi connectivity index (χ0n) is 13.5. The number of likely N-dealkylation sites (tertiary alicyclic amines) is 1. The van der Waals surface area contributed by atoms with Crippen LogP contribution >= 0.6 is 12.4 Å². The second-order valence-corrected chi connectivity index (χ2v) is 6.16. The lowest BCUT2D eigenvalue weighted by atomic mass is 9.93. The molecule has 0 saturated carbocycles. The molecule has 6 nitrogen and oxygen atoms in total. The first kappa shape index (κ1) is 18.5. The van der Waals surface area contributed by atoms with Crippen molar-refractivity contribution in [1.82, 2.24) is 24.5 Å². The van der Waals surface area contributed by atoms with Crippen molar-refractivity contribution in [3.05, 3.63) is 23.8 Å². The molecule has 24 heavy (non-hydrogen) atoms. The summed E-state index contributed by atoms with van der Waals surface area (Å²) < 4.78 is 27.6. The molecule has 2 aromatic heterocycles. The fourth-order valence-electron chi connectivity index (χ4n) is 3.00. The number of aromatic nitrogens is 4. The Balaban J connectivity index is 0.00000208. The van der Waals surface area contributed by atoms with Crippen LogP contribution in [0.25, 0.3) is 5.78 Å². The molecule has 1 aliphatic rings. The number of piperidine rings is 1. The quantitative estimate of drug-likeness (QED) is 0.845. The number of alkyl halides is 2. The van der Waals surface area contributed by atoms with E-state index in [2.05, 4.69) is 15.1 Å². The van der Waals surface area contributed by atoms with Crippen LogP contribution in [0.2, 0.25) is 0 Å². The molecular formula is C15H20ClF2N5O. The van der Waals surface area contributed by atoms with E-state index < -0.39 is 6.43 Å². The standard InChI is InChI=1S/C15H19F2N5O.ClH/c1-9(2)14(23)21-5-3-4-10(7-21)11-6-12(13(16)17)22-15(20-11)18-8-19-22;/h6,8-10,13H,3-5,7H2,1-2H3;1H. The molecule has 9 heteroatoms. The minimum atomic E-state index is -2.65. The normalized spacial score (nSPS) is 18.2. The van der Waals surface area contributed by atoms with Crippen molar-refractivity contribution in [3.63, 3.8) is 0 Å². The summed E-state index contributed by atoms with van der Waals surface area (Å²) in [4.78, 5) is 22.3. The van der Waals surface area contributed by atoms with Gasteiger partial charge in [-0.05, 0) is 18.9 Å². The van der Waals surface area contributed by atoms with Gasteiger partial charge in [-0.15, -0.1) is 12.4 Å². The SMILES string of the molecule is CC(C)C(=O)N1CCCC(c2cc(C(F)F)n3ncnc3n2)C1.Cl. The maximum absolute atomic E-state index is 13.3.